The normalized spacial score (nSPS) is 18.5. The summed E-state index contributed by atoms with van der Waals surface area (Å²) in [6, 6.07) is 22.1. The molecule has 0 spiro atoms. The number of hydrogen-bond acceptors (Lipinski definition) is 0. The predicted octanol–water partition coefficient (Wildman–Crippen LogP) is 6.30. The fraction of sp³-hybridized carbons (Fsp3) is 0.400. The third-order valence-corrected chi connectivity index (χ3v) is 19.8. The maximum absolute atomic E-state index is 2.70. The first-order valence-electron chi connectivity index (χ1n) is 17.5. The first kappa shape index (κ1) is 37.2. The van der Waals surface area contributed by atoms with Gasteiger partial charge in [0.05, 0.1) is 0 Å². The van der Waals surface area contributed by atoms with Crippen LogP contribution in [-0.2, 0) is 32.1 Å². The van der Waals surface area contributed by atoms with E-state index in [1.165, 1.54) is 50.1 Å². The zero-order valence-corrected chi connectivity index (χ0v) is 34.8. The van der Waals surface area contributed by atoms with Crippen LogP contribution in [0.1, 0.15) is 132 Å². The van der Waals surface area contributed by atoms with Crippen molar-refractivity contribution in [2.75, 3.05) is 0 Å². The quantitative estimate of drug-likeness (QED) is 0.294. The van der Waals surface area contributed by atoms with Crippen LogP contribution in [0.5, 0.6) is 0 Å². The third kappa shape index (κ3) is 5.93. The van der Waals surface area contributed by atoms with Gasteiger partial charge < -0.3 is 24.8 Å². The van der Waals surface area contributed by atoms with Crippen molar-refractivity contribution >= 4 is 14.4 Å². The molecule has 0 saturated carbocycles. The second kappa shape index (κ2) is 12.6. The Labute approximate surface area is 310 Å². The number of fused-ring (bicyclic) bond motifs is 5. The van der Waals surface area contributed by atoms with Gasteiger partial charge in [-0.15, -0.1) is 0 Å². The smallest absolute Gasteiger partial charge is 1.00 e. The third-order valence-electron chi connectivity index (χ3n) is 11.1. The van der Waals surface area contributed by atoms with Gasteiger partial charge in [-0.3, -0.25) is 0 Å². The zero-order chi connectivity index (χ0) is 33.0. The largest absolute Gasteiger partial charge is 1.00 e. The summed E-state index contributed by atoms with van der Waals surface area (Å²) in [6.45, 7) is 26.5. The van der Waals surface area contributed by atoms with E-state index in [0.29, 0.717) is 3.63 Å². The van der Waals surface area contributed by atoms with Gasteiger partial charge in [-0.05, 0) is 0 Å². The van der Waals surface area contributed by atoms with E-state index in [1.54, 1.807) is 17.6 Å². The molecule has 0 amide bonds. The average Bonchev–Trinajstić information content (AvgIpc) is 3.73. The molecule has 0 N–H and O–H groups in total. The maximum atomic E-state index is 2.70. The van der Waals surface area contributed by atoms with Crippen molar-refractivity contribution in [1.29, 1.82) is 0 Å². The van der Waals surface area contributed by atoms with Gasteiger partial charge in [0.15, 0.2) is 0 Å². The van der Waals surface area contributed by atoms with Gasteiger partial charge in [-0.2, -0.15) is 0 Å². The fourth-order valence-electron chi connectivity index (χ4n) is 8.83. The molecular weight excluding hydrogens is 703 g/mol. The minimum atomic E-state index is -2.55. The van der Waals surface area contributed by atoms with Crippen molar-refractivity contribution in [3.8, 4) is 11.1 Å². The SMILES string of the molecule is CC/[C](c1ccccc1)=[Zr+2](/[C]1=CC=CC1)[CH]1c2cc3c(cc2-c2cc4c(cc21)C(C)(C)C=C4C(C)(C)C)C(C(C)(C)C)=CC3(C)C.[Cl-].[Cl-]. The second-order valence-electron chi connectivity index (χ2n) is 17.4. The average molecular weight is 755 g/mol. The molecule has 0 unspecified atom stereocenters. The summed E-state index contributed by atoms with van der Waals surface area (Å²) in [5.41, 5.74) is 16.9. The number of halogens is 2. The molecule has 48 heavy (non-hydrogen) atoms. The van der Waals surface area contributed by atoms with Gasteiger partial charge in [0.25, 0.3) is 0 Å². The molecule has 0 saturated heterocycles. The van der Waals surface area contributed by atoms with Crippen LogP contribution in [0.25, 0.3) is 22.3 Å². The van der Waals surface area contributed by atoms with Crippen LogP contribution >= 0.6 is 0 Å². The van der Waals surface area contributed by atoms with Gasteiger partial charge in [-0.25, -0.2) is 0 Å². The van der Waals surface area contributed by atoms with Gasteiger partial charge in [0, 0.05) is 0 Å². The Balaban J connectivity index is 0.00000225. The van der Waals surface area contributed by atoms with Crippen LogP contribution < -0.4 is 24.8 Å². The van der Waals surface area contributed by atoms with Crippen molar-refractivity contribution in [2.24, 2.45) is 10.8 Å². The predicted molar refractivity (Wildman–Crippen MR) is 197 cm³/mol. The van der Waals surface area contributed by atoms with E-state index in [-0.39, 0.29) is 46.5 Å². The number of hydrogen-bond donors (Lipinski definition) is 0. The first-order chi connectivity index (χ1) is 21.5. The topological polar surface area (TPSA) is 0 Å². The van der Waals surface area contributed by atoms with Gasteiger partial charge in [-0.1, -0.05) is 0 Å². The van der Waals surface area contributed by atoms with Crippen LogP contribution in [0, 0.1) is 10.8 Å². The second-order valence-corrected chi connectivity index (χ2v) is 23.9. The molecule has 0 atom stereocenters. The molecule has 0 nitrogen and oxygen atoms in total. The molecule has 3 heteroatoms. The fourth-order valence-corrected chi connectivity index (χ4v) is 17.9. The van der Waals surface area contributed by atoms with E-state index >= 15 is 0 Å². The minimum Gasteiger partial charge on any atom is -1.00 e. The molecule has 3 aromatic carbocycles. The van der Waals surface area contributed by atoms with Crippen molar-refractivity contribution in [3.05, 3.63) is 127 Å². The summed E-state index contributed by atoms with van der Waals surface area (Å²) in [6.07, 6.45) is 14.6. The van der Waals surface area contributed by atoms with E-state index in [4.69, 9.17) is 0 Å². The van der Waals surface area contributed by atoms with E-state index < -0.39 is 21.3 Å². The molecule has 0 fully saturated rings. The molecule has 3 aromatic rings. The van der Waals surface area contributed by atoms with Gasteiger partial charge >= 0.3 is 288 Å². The summed E-state index contributed by atoms with van der Waals surface area (Å²) in [7, 11) is 0. The van der Waals surface area contributed by atoms with Crippen LogP contribution in [0.15, 0.2) is 88.3 Å². The van der Waals surface area contributed by atoms with Gasteiger partial charge in [0.1, 0.15) is 0 Å². The van der Waals surface area contributed by atoms with Crippen LogP contribution in [-0.4, -0.2) is 3.21 Å². The molecule has 0 bridgehead atoms. The van der Waals surface area contributed by atoms with Crippen molar-refractivity contribution in [3.63, 3.8) is 0 Å². The standard InChI is InChI=1S/C31H37.C9H10.C5H5.2ClH.Zr/c1-28(2,3)26-16-30(7,8)24-12-18-11-19-13-25-23(15-21(19)20(18)14-22(24)26)27(29(4,5)6)17-31(25,9)10;1-2-6-9-7-4-3-5-8-9;1-2-4-5-3-1;;;/h11-17H,1-10H3;3-5,7-8H,2H2,1H3;1-3H,4H2;2*1H;/q;;;;;+2/p-2. The van der Waals surface area contributed by atoms with E-state index in [9.17, 15) is 0 Å². The summed E-state index contributed by atoms with van der Waals surface area (Å²) >= 11 is -2.55. The van der Waals surface area contributed by atoms with Crippen molar-refractivity contribution in [1.82, 2.24) is 0 Å². The van der Waals surface area contributed by atoms with Crippen molar-refractivity contribution < 1.29 is 46.1 Å². The van der Waals surface area contributed by atoms with Crippen LogP contribution in [0.3, 0.4) is 0 Å². The molecule has 0 aliphatic heterocycles. The Bertz CT molecular complexity index is 1850. The summed E-state index contributed by atoms with van der Waals surface area (Å²) in [4.78, 5) is 0. The molecule has 4 aliphatic rings. The minimum absolute atomic E-state index is 0. The molecule has 0 radical (unpaired) electrons. The number of benzene rings is 3. The molecule has 7 rings (SSSR count). The van der Waals surface area contributed by atoms with E-state index in [2.05, 4.69) is 161 Å². The first-order valence-corrected chi connectivity index (χ1v) is 21.4. The van der Waals surface area contributed by atoms with Crippen LogP contribution in [0.2, 0.25) is 0 Å². The Kier molecular flexibility index (Phi) is 9.78. The number of allylic oxidation sites excluding steroid dienone is 8. The zero-order valence-electron chi connectivity index (χ0n) is 30.8. The molecule has 0 aromatic heterocycles. The Morgan fingerprint density at radius 2 is 1.19 bits per heavy atom. The summed E-state index contributed by atoms with van der Waals surface area (Å²) in [5, 5.41) is 0. The molecular formula is C45H52Cl2Zr. The Morgan fingerprint density at radius 1 is 0.708 bits per heavy atom. The number of rotatable bonds is 4. The van der Waals surface area contributed by atoms with Crippen molar-refractivity contribution in [2.45, 2.75) is 103 Å². The van der Waals surface area contributed by atoms with Crippen LogP contribution in [0.4, 0.5) is 0 Å². The van der Waals surface area contributed by atoms with E-state index in [0.717, 1.165) is 12.8 Å². The molecule has 4 aliphatic carbocycles. The maximum Gasteiger partial charge on any atom is -1.00 e. The Hall–Kier alpha value is -2.05. The summed E-state index contributed by atoms with van der Waals surface area (Å²) < 4.78 is 3.96. The molecule has 0 heterocycles. The molecule has 250 valence electrons. The monoisotopic (exact) mass is 752 g/mol. The Morgan fingerprint density at radius 3 is 1.58 bits per heavy atom. The summed E-state index contributed by atoms with van der Waals surface area (Å²) in [5.74, 6) is 0. The van der Waals surface area contributed by atoms with E-state index in [1.807, 2.05) is 0 Å². The van der Waals surface area contributed by atoms with Gasteiger partial charge in [0.2, 0.25) is 0 Å².